The Bertz CT molecular complexity index is 1540. The zero-order valence-electron chi connectivity index (χ0n) is 55.3. The molecule has 0 aromatic heterocycles. The molecule has 2 fully saturated rings. The van der Waals surface area contributed by atoms with E-state index in [4.69, 9.17) is 18.9 Å². The van der Waals surface area contributed by atoms with Crippen molar-refractivity contribution in [2.45, 2.75) is 408 Å². The second-order valence-electron chi connectivity index (χ2n) is 26.1. The minimum atomic E-state index is -1.78. The molecule has 2 heterocycles. The number of aliphatic hydroxyl groups is 8. The van der Waals surface area contributed by atoms with Gasteiger partial charge in [0.25, 0.3) is 0 Å². The van der Waals surface area contributed by atoms with Gasteiger partial charge in [0.15, 0.2) is 12.6 Å². The van der Waals surface area contributed by atoms with Gasteiger partial charge in [0, 0.05) is 6.42 Å². The molecule has 14 heteroatoms. The van der Waals surface area contributed by atoms with Gasteiger partial charge in [-0.2, -0.15) is 0 Å². The quantitative estimate of drug-likeness (QED) is 0.0204. The number of allylic oxidation sites excluding steroid dienone is 4. The van der Waals surface area contributed by atoms with Crippen LogP contribution in [0.1, 0.15) is 335 Å². The molecular weight excluding hydrogens is 1090 g/mol. The summed E-state index contributed by atoms with van der Waals surface area (Å²) in [5.41, 5.74) is 0. The summed E-state index contributed by atoms with van der Waals surface area (Å²) >= 11 is 0. The molecule has 0 saturated carbocycles. The molecule has 2 rings (SSSR count). The summed E-state index contributed by atoms with van der Waals surface area (Å²) in [6.45, 7) is 2.90. The van der Waals surface area contributed by atoms with Gasteiger partial charge in [-0.15, -0.1) is 0 Å². The zero-order chi connectivity index (χ0) is 62.3. The fourth-order valence-electron chi connectivity index (χ4n) is 12.3. The first-order valence-corrected chi connectivity index (χ1v) is 36.6. The Kier molecular flexibility index (Phi) is 53.7. The number of unbranched alkanes of at least 4 members (excludes halogenated alkanes) is 44. The number of carbonyl (C=O) groups excluding carboxylic acids is 1. The molecule has 0 aliphatic carbocycles. The van der Waals surface area contributed by atoms with Crippen molar-refractivity contribution < 1.29 is 64.6 Å². The average molecular weight is 1220 g/mol. The second-order valence-corrected chi connectivity index (χ2v) is 26.1. The summed E-state index contributed by atoms with van der Waals surface area (Å²) in [5.74, 6) is -0.206. The van der Waals surface area contributed by atoms with Crippen LogP contribution in [0.5, 0.6) is 0 Å². The predicted molar refractivity (Wildman–Crippen MR) is 351 cm³/mol. The highest BCUT2D eigenvalue weighted by molar-refractivity contribution is 5.76. The van der Waals surface area contributed by atoms with E-state index in [0.29, 0.717) is 12.8 Å². The highest BCUT2D eigenvalue weighted by Crippen LogP contribution is 2.30. The average Bonchev–Trinajstić information content (AvgIpc) is 2.54. The predicted octanol–water partition coefficient (Wildman–Crippen LogP) is 15.1. The molecule has 14 nitrogen and oxygen atoms in total. The Labute approximate surface area is 526 Å². The largest absolute Gasteiger partial charge is 0.394 e. The smallest absolute Gasteiger partial charge is 0.220 e. The van der Waals surface area contributed by atoms with Crippen LogP contribution in [0.25, 0.3) is 0 Å². The van der Waals surface area contributed by atoms with Crippen LogP contribution in [0.15, 0.2) is 24.3 Å². The van der Waals surface area contributed by atoms with Crippen molar-refractivity contribution in [3.05, 3.63) is 24.3 Å². The van der Waals surface area contributed by atoms with Crippen molar-refractivity contribution in [2.75, 3.05) is 19.8 Å². The standard InChI is InChI=1S/C72H137NO13/c1-3-5-7-9-11-13-15-17-19-21-23-25-26-27-28-29-30-31-32-33-34-36-37-39-41-43-45-47-49-51-53-55-61(76)60(59-83-71-69(82)67(80)70(63(58-75)85-71)86-72-68(81)66(79)65(78)62(57-74)84-72)73-64(77)56-54-52-50-48-46-44-42-40-38-35-24-22-20-18-16-14-12-10-8-6-4-2/h16,18,22,24,60-63,65-72,74-76,78-82H,3-15,17,19-21,23,25-59H2,1-2H3,(H,73,77)/b18-16-,24-22-. The molecule has 2 saturated heterocycles. The van der Waals surface area contributed by atoms with Crippen molar-refractivity contribution in [3.63, 3.8) is 0 Å². The maximum atomic E-state index is 13.3. The third-order valence-corrected chi connectivity index (χ3v) is 18.2. The summed E-state index contributed by atoms with van der Waals surface area (Å²) in [6.07, 6.45) is 54.9. The van der Waals surface area contributed by atoms with E-state index in [1.807, 2.05) is 0 Å². The number of aliphatic hydroxyl groups excluding tert-OH is 8. The monoisotopic (exact) mass is 1220 g/mol. The molecule has 0 spiro atoms. The summed E-state index contributed by atoms with van der Waals surface area (Å²) in [7, 11) is 0. The Morgan fingerprint density at radius 2 is 0.767 bits per heavy atom. The molecule has 86 heavy (non-hydrogen) atoms. The molecule has 1 amide bonds. The normalized spacial score (nSPS) is 23.5. The van der Waals surface area contributed by atoms with Crippen molar-refractivity contribution in [3.8, 4) is 0 Å². The van der Waals surface area contributed by atoms with E-state index in [1.165, 1.54) is 244 Å². The highest BCUT2D eigenvalue weighted by atomic mass is 16.7. The number of nitrogens with one attached hydrogen (secondary N) is 1. The molecule has 0 aromatic rings. The van der Waals surface area contributed by atoms with E-state index in [1.54, 1.807) is 0 Å². The summed E-state index contributed by atoms with van der Waals surface area (Å²) < 4.78 is 22.9. The molecule has 12 unspecified atom stereocenters. The minimum Gasteiger partial charge on any atom is -0.394 e. The van der Waals surface area contributed by atoms with Crippen LogP contribution in [0.3, 0.4) is 0 Å². The van der Waals surface area contributed by atoms with E-state index < -0.39 is 86.8 Å². The SMILES string of the molecule is CCCCCCC/C=C\C/C=C\CCCCCCCCCCCC(=O)NC(COC1OC(CO)C(OC2OC(CO)C(O)C(O)C2O)C(O)C1O)C(O)CCCCCCCCCCCCCCCCCCCCCCCCCCCCCCCCC. The van der Waals surface area contributed by atoms with Gasteiger partial charge in [0.05, 0.1) is 32.0 Å². The highest BCUT2D eigenvalue weighted by Gasteiger charge is 2.51. The lowest BCUT2D eigenvalue weighted by Gasteiger charge is -2.46. The number of hydrogen-bond donors (Lipinski definition) is 9. The van der Waals surface area contributed by atoms with Gasteiger partial charge >= 0.3 is 0 Å². The van der Waals surface area contributed by atoms with Crippen molar-refractivity contribution in [1.29, 1.82) is 0 Å². The number of hydrogen-bond acceptors (Lipinski definition) is 13. The Balaban J connectivity index is 1.64. The maximum absolute atomic E-state index is 13.3. The minimum absolute atomic E-state index is 0.206. The van der Waals surface area contributed by atoms with Crippen LogP contribution in [-0.4, -0.2) is 140 Å². The summed E-state index contributed by atoms with van der Waals surface area (Å²) in [5, 5.41) is 87.7. The lowest BCUT2D eigenvalue weighted by molar-refractivity contribution is -0.359. The topological polar surface area (TPSA) is 228 Å². The lowest BCUT2D eigenvalue weighted by atomic mass is 9.97. The van der Waals surface area contributed by atoms with E-state index in [0.717, 1.165) is 64.2 Å². The van der Waals surface area contributed by atoms with Gasteiger partial charge in [-0.3, -0.25) is 4.79 Å². The van der Waals surface area contributed by atoms with Gasteiger partial charge < -0.3 is 65.1 Å². The van der Waals surface area contributed by atoms with Crippen molar-refractivity contribution >= 4 is 5.91 Å². The lowest BCUT2D eigenvalue weighted by Crippen LogP contribution is -2.65. The van der Waals surface area contributed by atoms with Crippen LogP contribution in [0.4, 0.5) is 0 Å². The Hall–Kier alpha value is -1.53. The first-order chi connectivity index (χ1) is 42.1. The fraction of sp³-hybridized carbons (Fsp3) is 0.931. The summed E-state index contributed by atoms with van der Waals surface area (Å²) in [4.78, 5) is 13.3. The third kappa shape index (κ3) is 41.1. The van der Waals surface area contributed by atoms with Crippen LogP contribution in [0.2, 0.25) is 0 Å². The maximum Gasteiger partial charge on any atom is 0.220 e. The van der Waals surface area contributed by atoms with Gasteiger partial charge in [-0.05, 0) is 44.9 Å². The fourth-order valence-corrected chi connectivity index (χ4v) is 12.3. The van der Waals surface area contributed by atoms with Crippen LogP contribution >= 0.6 is 0 Å². The van der Waals surface area contributed by atoms with Crippen LogP contribution in [0, 0.1) is 0 Å². The van der Waals surface area contributed by atoms with Gasteiger partial charge in [-0.25, -0.2) is 0 Å². The van der Waals surface area contributed by atoms with Gasteiger partial charge in [0.1, 0.15) is 48.8 Å². The molecule has 508 valence electrons. The van der Waals surface area contributed by atoms with Crippen molar-refractivity contribution in [2.24, 2.45) is 0 Å². The molecule has 2 aliphatic heterocycles. The summed E-state index contributed by atoms with van der Waals surface area (Å²) in [6, 6.07) is -0.832. The van der Waals surface area contributed by atoms with E-state index >= 15 is 0 Å². The van der Waals surface area contributed by atoms with Gasteiger partial charge in [-0.1, -0.05) is 308 Å². The molecule has 9 N–H and O–H groups in total. The van der Waals surface area contributed by atoms with Gasteiger partial charge in [0.2, 0.25) is 5.91 Å². The van der Waals surface area contributed by atoms with E-state index in [2.05, 4.69) is 43.5 Å². The number of ether oxygens (including phenoxy) is 4. The molecule has 12 atom stereocenters. The third-order valence-electron chi connectivity index (χ3n) is 18.2. The van der Waals surface area contributed by atoms with Crippen LogP contribution in [-0.2, 0) is 23.7 Å². The van der Waals surface area contributed by atoms with E-state index in [9.17, 15) is 45.6 Å². The van der Waals surface area contributed by atoms with E-state index in [-0.39, 0.29) is 12.5 Å². The molecule has 0 bridgehead atoms. The van der Waals surface area contributed by atoms with Crippen molar-refractivity contribution in [1.82, 2.24) is 5.32 Å². The molecular formula is C72H137NO13. The molecule has 2 aliphatic rings. The number of amides is 1. The Morgan fingerprint density at radius 1 is 0.419 bits per heavy atom. The second kappa shape index (κ2) is 57.4. The van der Waals surface area contributed by atoms with Crippen LogP contribution < -0.4 is 5.32 Å². The first-order valence-electron chi connectivity index (χ1n) is 36.6. The Morgan fingerprint density at radius 3 is 1.16 bits per heavy atom. The first kappa shape index (κ1) is 80.6. The molecule has 0 radical (unpaired) electrons. The molecule has 0 aromatic carbocycles. The zero-order valence-corrected chi connectivity index (χ0v) is 55.3. The number of rotatable bonds is 61. The number of carbonyl (C=O) groups is 1.